The predicted octanol–water partition coefficient (Wildman–Crippen LogP) is 5.14. The molecule has 5 heteroatoms. The minimum Gasteiger partial charge on any atom is -0.444 e. The van der Waals surface area contributed by atoms with Crippen LogP contribution in [0.25, 0.3) is 0 Å². The fourth-order valence-electron chi connectivity index (χ4n) is 4.60. The lowest BCUT2D eigenvalue weighted by Crippen LogP contribution is -2.42. The number of benzene rings is 2. The molecule has 0 saturated carbocycles. The van der Waals surface area contributed by atoms with Gasteiger partial charge in [-0.2, -0.15) is 0 Å². The largest absolute Gasteiger partial charge is 0.444 e. The van der Waals surface area contributed by atoms with Crippen molar-refractivity contribution in [3.63, 3.8) is 0 Å². The SMILES string of the molecule is Cc1ccc2c(c1)[C@@H]1CN(C(=O)OC(C)(C)C)CCC[C@@H]1N2C(=O)c1ccccc1. The van der Waals surface area contributed by atoms with Gasteiger partial charge in [0.2, 0.25) is 0 Å². The van der Waals surface area contributed by atoms with Crippen molar-refractivity contribution in [3.05, 3.63) is 65.2 Å². The molecule has 158 valence electrons. The zero-order valence-corrected chi connectivity index (χ0v) is 18.2. The quantitative estimate of drug-likeness (QED) is 0.659. The highest BCUT2D eigenvalue weighted by Crippen LogP contribution is 2.45. The fraction of sp³-hybridized carbons (Fsp3) is 0.440. The second kappa shape index (κ2) is 7.78. The van der Waals surface area contributed by atoms with Gasteiger partial charge in [0.05, 0.1) is 0 Å². The Morgan fingerprint density at radius 1 is 1.07 bits per heavy atom. The van der Waals surface area contributed by atoms with Gasteiger partial charge >= 0.3 is 6.09 Å². The first kappa shape index (κ1) is 20.5. The molecule has 0 N–H and O–H groups in total. The normalized spacial score (nSPS) is 20.9. The van der Waals surface area contributed by atoms with Gasteiger partial charge in [-0.15, -0.1) is 0 Å². The van der Waals surface area contributed by atoms with Crippen LogP contribution in [0.15, 0.2) is 48.5 Å². The molecule has 2 atom stereocenters. The number of hydrogen-bond acceptors (Lipinski definition) is 3. The molecule has 2 aromatic carbocycles. The average molecular weight is 407 g/mol. The number of hydrogen-bond donors (Lipinski definition) is 0. The van der Waals surface area contributed by atoms with Gasteiger partial charge in [0, 0.05) is 36.3 Å². The summed E-state index contributed by atoms with van der Waals surface area (Å²) in [5, 5.41) is 0. The summed E-state index contributed by atoms with van der Waals surface area (Å²) in [5.74, 6) is 0.113. The smallest absolute Gasteiger partial charge is 0.410 e. The Labute approximate surface area is 178 Å². The van der Waals surface area contributed by atoms with E-state index in [2.05, 4.69) is 25.1 Å². The van der Waals surface area contributed by atoms with Crippen molar-refractivity contribution in [3.8, 4) is 0 Å². The van der Waals surface area contributed by atoms with E-state index in [1.807, 2.05) is 60.9 Å². The van der Waals surface area contributed by atoms with Crippen LogP contribution in [0.3, 0.4) is 0 Å². The summed E-state index contributed by atoms with van der Waals surface area (Å²) in [6.45, 7) is 8.95. The van der Waals surface area contributed by atoms with Crippen LogP contribution in [0.2, 0.25) is 0 Å². The number of anilines is 1. The fourth-order valence-corrected chi connectivity index (χ4v) is 4.60. The molecule has 0 unspecified atom stereocenters. The average Bonchev–Trinajstić information content (AvgIpc) is 2.84. The van der Waals surface area contributed by atoms with E-state index in [4.69, 9.17) is 4.74 Å². The Hall–Kier alpha value is -2.82. The number of amides is 2. The predicted molar refractivity (Wildman–Crippen MR) is 118 cm³/mol. The monoisotopic (exact) mass is 406 g/mol. The molecular formula is C25H30N2O3. The molecule has 2 amide bonds. The van der Waals surface area contributed by atoms with Gasteiger partial charge in [0.25, 0.3) is 5.91 Å². The molecular weight excluding hydrogens is 376 g/mol. The van der Waals surface area contributed by atoms with Crippen LogP contribution in [0, 0.1) is 6.92 Å². The van der Waals surface area contributed by atoms with Crippen molar-refractivity contribution in [1.29, 1.82) is 0 Å². The third-order valence-electron chi connectivity index (χ3n) is 5.87. The highest BCUT2D eigenvalue weighted by molar-refractivity contribution is 6.08. The zero-order valence-electron chi connectivity index (χ0n) is 18.2. The van der Waals surface area contributed by atoms with Crippen LogP contribution in [0.1, 0.15) is 61.0 Å². The molecule has 0 aromatic heterocycles. The number of carbonyl (C=O) groups is 2. The summed E-state index contributed by atoms with van der Waals surface area (Å²) in [4.78, 5) is 30.1. The molecule has 5 nitrogen and oxygen atoms in total. The number of ether oxygens (including phenoxy) is 1. The van der Waals surface area contributed by atoms with Crippen molar-refractivity contribution in [2.45, 2.75) is 58.1 Å². The Kier molecular flexibility index (Phi) is 5.31. The topological polar surface area (TPSA) is 49.9 Å². The maximum absolute atomic E-state index is 13.5. The molecule has 1 fully saturated rings. The Morgan fingerprint density at radius 3 is 2.50 bits per heavy atom. The molecule has 2 heterocycles. The van der Waals surface area contributed by atoms with E-state index in [0.717, 1.165) is 29.7 Å². The standard InChI is InChI=1S/C25H30N2O3/c1-17-12-13-22-19(15-17)20-16-26(24(29)30-25(2,3)4)14-8-11-21(20)27(22)23(28)18-9-6-5-7-10-18/h5-7,9-10,12-13,15,20-21H,8,11,14,16H2,1-4H3/t20-,21-/m0/s1. The summed E-state index contributed by atoms with van der Waals surface area (Å²) < 4.78 is 5.64. The Morgan fingerprint density at radius 2 is 1.80 bits per heavy atom. The lowest BCUT2D eigenvalue weighted by molar-refractivity contribution is 0.0249. The van der Waals surface area contributed by atoms with Gasteiger partial charge in [-0.05, 0) is 64.3 Å². The molecule has 2 aromatic rings. The minimum absolute atomic E-state index is 0.0268. The summed E-state index contributed by atoms with van der Waals surface area (Å²) >= 11 is 0. The van der Waals surface area contributed by atoms with E-state index >= 15 is 0 Å². The maximum Gasteiger partial charge on any atom is 0.410 e. The van der Waals surface area contributed by atoms with Crippen molar-refractivity contribution in [2.75, 3.05) is 18.0 Å². The number of fused-ring (bicyclic) bond motifs is 3. The molecule has 4 rings (SSSR count). The van der Waals surface area contributed by atoms with E-state index in [1.54, 1.807) is 0 Å². The molecule has 0 aliphatic carbocycles. The first-order chi connectivity index (χ1) is 14.2. The third-order valence-corrected chi connectivity index (χ3v) is 5.87. The van der Waals surface area contributed by atoms with Crippen molar-refractivity contribution in [1.82, 2.24) is 4.90 Å². The van der Waals surface area contributed by atoms with Crippen LogP contribution in [0.5, 0.6) is 0 Å². The Bertz CT molecular complexity index is 949. The van der Waals surface area contributed by atoms with Crippen molar-refractivity contribution >= 4 is 17.7 Å². The molecule has 2 aliphatic rings. The van der Waals surface area contributed by atoms with Crippen LogP contribution in [0.4, 0.5) is 10.5 Å². The van der Waals surface area contributed by atoms with Crippen LogP contribution in [-0.2, 0) is 4.74 Å². The third kappa shape index (κ3) is 3.93. The summed E-state index contributed by atoms with van der Waals surface area (Å²) in [6.07, 6.45) is 1.42. The first-order valence-electron chi connectivity index (χ1n) is 10.7. The van der Waals surface area contributed by atoms with E-state index in [0.29, 0.717) is 18.7 Å². The molecule has 0 radical (unpaired) electrons. The molecule has 30 heavy (non-hydrogen) atoms. The maximum atomic E-state index is 13.5. The van der Waals surface area contributed by atoms with E-state index < -0.39 is 5.60 Å². The second-order valence-electron chi connectivity index (χ2n) is 9.35. The van der Waals surface area contributed by atoms with Gasteiger partial charge in [-0.3, -0.25) is 4.79 Å². The number of aryl methyl sites for hydroxylation is 1. The molecule has 1 saturated heterocycles. The first-order valence-corrected chi connectivity index (χ1v) is 10.7. The summed E-state index contributed by atoms with van der Waals surface area (Å²) in [7, 11) is 0. The van der Waals surface area contributed by atoms with Crippen LogP contribution in [-0.4, -0.2) is 41.6 Å². The number of rotatable bonds is 1. The summed E-state index contributed by atoms with van der Waals surface area (Å²) in [6, 6.07) is 15.8. The second-order valence-corrected chi connectivity index (χ2v) is 9.35. The lowest BCUT2D eigenvalue weighted by atomic mass is 9.92. The highest BCUT2D eigenvalue weighted by atomic mass is 16.6. The lowest BCUT2D eigenvalue weighted by Gasteiger charge is -2.29. The van der Waals surface area contributed by atoms with Gasteiger partial charge in [0.15, 0.2) is 0 Å². The van der Waals surface area contributed by atoms with Gasteiger partial charge < -0.3 is 14.5 Å². The van der Waals surface area contributed by atoms with Crippen molar-refractivity contribution < 1.29 is 14.3 Å². The highest BCUT2D eigenvalue weighted by Gasteiger charge is 2.44. The van der Waals surface area contributed by atoms with Crippen LogP contribution < -0.4 is 4.90 Å². The molecule has 0 bridgehead atoms. The molecule has 0 spiro atoms. The summed E-state index contributed by atoms with van der Waals surface area (Å²) in [5.41, 5.74) is 3.45. The van der Waals surface area contributed by atoms with Gasteiger partial charge in [-0.1, -0.05) is 35.9 Å². The Balaban J connectivity index is 1.69. The number of likely N-dealkylation sites (tertiary alicyclic amines) is 1. The zero-order chi connectivity index (χ0) is 21.5. The number of nitrogens with zero attached hydrogens (tertiary/aromatic N) is 2. The van der Waals surface area contributed by atoms with E-state index in [-0.39, 0.29) is 24.0 Å². The van der Waals surface area contributed by atoms with Gasteiger partial charge in [-0.25, -0.2) is 4.79 Å². The van der Waals surface area contributed by atoms with E-state index in [1.165, 1.54) is 0 Å². The van der Waals surface area contributed by atoms with Crippen LogP contribution >= 0.6 is 0 Å². The minimum atomic E-state index is -0.526. The number of carbonyl (C=O) groups excluding carboxylic acids is 2. The van der Waals surface area contributed by atoms with Gasteiger partial charge in [0.1, 0.15) is 5.60 Å². The van der Waals surface area contributed by atoms with Crippen molar-refractivity contribution in [2.24, 2.45) is 0 Å². The van der Waals surface area contributed by atoms with E-state index in [9.17, 15) is 9.59 Å². The molecule has 2 aliphatic heterocycles.